The molecule has 0 unspecified atom stereocenters. The van der Waals surface area contributed by atoms with Gasteiger partial charge in [0.2, 0.25) is 11.7 Å². The van der Waals surface area contributed by atoms with Crippen LogP contribution in [0.3, 0.4) is 0 Å². The molecule has 13 nitrogen and oxygen atoms in total. The van der Waals surface area contributed by atoms with Crippen molar-refractivity contribution >= 4 is 40.4 Å². The number of amides is 1. The van der Waals surface area contributed by atoms with Crippen LogP contribution in [0.5, 0.6) is 23.0 Å². The van der Waals surface area contributed by atoms with Crippen molar-refractivity contribution < 1.29 is 41.8 Å². The third kappa shape index (κ3) is 6.21. The molecule has 0 aliphatic heterocycles. The van der Waals surface area contributed by atoms with E-state index in [0.717, 1.165) is 0 Å². The average Bonchev–Trinajstić information content (AvgIpc) is 2.88. The molecule has 202 valence electrons. The quantitative estimate of drug-likeness (QED) is 0.248. The van der Waals surface area contributed by atoms with E-state index in [0.29, 0.717) is 0 Å². The third-order valence-electron chi connectivity index (χ3n) is 4.89. The van der Waals surface area contributed by atoms with Gasteiger partial charge < -0.3 is 34.9 Å². The molecule has 3 rings (SSSR count). The highest BCUT2D eigenvalue weighted by molar-refractivity contribution is 5.95. The summed E-state index contributed by atoms with van der Waals surface area (Å²) < 4.78 is 58.8. The van der Waals surface area contributed by atoms with Crippen molar-refractivity contribution in [3.63, 3.8) is 0 Å². The van der Waals surface area contributed by atoms with E-state index in [9.17, 15) is 28.1 Å². The van der Waals surface area contributed by atoms with Crippen molar-refractivity contribution in [1.29, 1.82) is 0 Å². The summed E-state index contributed by atoms with van der Waals surface area (Å²) in [6, 6.07) is 6.25. The molecule has 1 amide bonds. The van der Waals surface area contributed by atoms with E-state index in [1.54, 1.807) is 5.32 Å². The molecule has 1 aromatic heterocycles. The van der Waals surface area contributed by atoms with Gasteiger partial charge in [-0.1, -0.05) is 0 Å². The van der Waals surface area contributed by atoms with E-state index in [1.807, 2.05) is 0 Å². The van der Waals surface area contributed by atoms with Crippen molar-refractivity contribution in [2.24, 2.45) is 0 Å². The highest BCUT2D eigenvalue weighted by Gasteiger charge is 2.38. The molecule has 3 N–H and O–H groups in total. The zero-order valence-corrected chi connectivity index (χ0v) is 20.3. The van der Waals surface area contributed by atoms with Gasteiger partial charge >= 0.3 is 17.8 Å². The first-order valence-corrected chi connectivity index (χ1v) is 10.4. The largest absolute Gasteiger partial charge is 0.495 e. The van der Waals surface area contributed by atoms with Crippen molar-refractivity contribution in [2.45, 2.75) is 6.18 Å². The molecule has 0 spiro atoms. The second-order valence-electron chi connectivity index (χ2n) is 7.21. The lowest BCUT2D eigenvalue weighted by atomic mass is 10.2. The molecule has 0 saturated carbocycles. The smallest absolute Gasteiger partial charge is 0.471 e. The van der Waals surface area contributed by atoms with Gasteiger partial charge in [0, 0.05) is 17.8 Å². The fraction of sp³-hybridized carbons (Fsp3) is 0.227. The molecule has 16 heteroatoms. The summed E-state index contributed by atoms with van der Waals surface area (Å²) in [5.74, 6) is -1.65. The number of ether oxygens (including phenoxy) is 4. The number of halogens is 3. The summed E-state index contributed by atoms with van der Waals surface area (Å²) >= 11 is 0. The van der Waals surface area contributed by atoms with E-state index >= 15 is 0 Å². The van der Waals surface area contributed by atoms with E-state index in [2.05, 4.69) is 20.6 Å². The minimum atomic E-state index is -5.08. The van der Waals surface area contributed by atoms with Gasteiger partial charge in [-0.2, -0.15) is 18.2 Å². The van der Waals surface area contributed by atoms with Crippen LogP contribution in [0.1, 0.15) is 0 Å². The third-order valence-corrected chi connectivity index (χ3v) is 4.89. The summed E-state index contributed by atoms with van der Waals surface area (Å²) in [6.45, 7) is 0. The minimum absolute atomic E-state index is 0.0278. The number of nitro groups is 1. The number of anilines is 5. The van der Waals surface area contributed by atoms with E-state index in [1.165, 1.54) is 65.0 Å². The number of alkyl halides is 3. The molecule has 3 aromatic rings. The first-order valence-electron chi connectivity index (χ1n) is 10.4. The topological polar surface area (TPSA) is 159 Å². The molecule has 38 heavy (non-hydrogen) atoms. The van der Waals surface area contributed by atoms with Crippen LogP contribution in [0, 0.1) is 10.1 Å². The Morgan fingerprint density at radius 2 is 1.53 bits per heavy atom. The van der Waals surface area contributed by atoms with Crippen LogP contribution in [0.25, 0.3) is 0 Å². The Bertz CT molecular complexity index is 1350. The average molecular weight is 538 g/mol. The van der Waals surface area contributed by atoms with Crippen LogP contribution >= 0.6 is 0 Å². The van der Waals surface area contributed by atoms with Gasteiger partial charge in [-0.05, 0) is 18.2 Å². The predicted octanol–water partition coefficient (Wildman–Crippen LogP) is 4.41. The van der Waals surface area contributed by atoms with Crippen molar-refractivity contribution in [3.05, 3.63) is 46.6 Å². The monoisotopic (exact) mass is 538 g/mol. The lowest BCUT2D eigenvalue weighted by molar-refractivity contribution is -0.385. The Balaban J connectivity index is 1.98. The molecular formula is C22H21F3N6O7. The summed E-state index contributed by atoms with van der Waals surface area (Å²) in [6.07, 6.45) is -3.80. The van der Waals surface area contributed by atoms with Gasteiger partial charge in [-0.25, -0.2) is 4.98 Å². The Hall–Kier alpha value is -5.02. The number of nitro benzene ring substituents is 1. The minimum Gasteiger partial charge on any atom is -0.495 e. The van der Waals surface area contributed by atoms with Crippen LogP contribution in [-0.2, 0) is 4.79 Å². The summed E-state index contributed by atoms with van der Waals surface area (Å²) in [5.41, 5.74) is -0.235. The number of nitrogens with one attached hydrogen (secondary N) is 3. The Morgan fingerprint density at radius 1 is 0.895 bits per heavy atom. The number of aromatic nitrogens is 2. The lowest BCUT2D eigenvalue weighted by Gasteiger charge is -2.16. The Labute approximate surface area is 213 Å². The van der Waals surface area contributed by atoms with E-state index < -0.39 is 17.0 Å². The standard InChI is InChI=1S/C22H21F3N6O7/c1-35-15-6-5-11(27-20(32)22(23,24)25)7-12(15)28-19-18(38-4)10-26-21(30-19)29-13-8-14(31(33)34)17(37-3)9-16(13)36-2/h5-10H,1-4H3,(H,27,32)(H2,26,28,29,30). The molecule has 0 aliphatic rings. The first-order chi connectivity index (χ1) is 18.0. The van der Waals surface area contributed by atoms with E-state index in [4.69, 9.17) is 18.9 Å². The van der Waals surface area contributed by atoms with Crippen molar-refractivity contribution in [2.75, 3.05) is 44.4 Å². The number of carbonyl (C=O) groups excluding carboxylic acids is 1. The maximum Gasteiger partial charge on any atom is 0.471 e. The highest BCUT2D eigenvalue weighted by Crippen LogP contribution is 2.39. The molecule has 1 heterocycles. The Morgan fingerprint density at radius 3 is 2.11 bits per heavy atom. The molecule has 0 atom stereocenters. The van der Waals surface area contributed by atoms with Gasteiger partial charge in [-0.3, -0.25) is 14.9 Å². The molecule has 0 fully saturated rings. The highest BCUT2D eigenvalue weighted by atomic mass is 19.4. The van der Waals surface area contributed by atoms with Crippen LogP contribution < -0.4 is 34.9 Å². The first kappa shape index (κ1) is 27.6. The SMILES string of the molecule is COc1cc(OC)c([N+](=O)[O-])cc1Nc1ncc(OC)c(Nc2cc(NC(=O)C(F)(F)F)ccc2OC)n1. The number of hydrogen-bond donors (Lipinski definition) is 3. The second kappa shape index (κ2) is 11.4. The number of hydrogen-bond acceptors (Lipinski definition) is 11. The van der Waals surface area contributed by atoms with Gasteiger partial charge in [0.15, 0.2) is 11.6 Å². The number of methoxy groups -OCH3 is 4. The van der Waals surface area contributed by atoms with Crippen LogP contribution in [0.4, 0.5) is 47.7 Å². The van der Waals surface area contributed by atoms with Gasteiger partial charge in [-0.15, -0.1) is 0 Å². The van der Waals surface area contributed by atoms with Gasteiger partial charge in [0.25, 0.3) is 0 Å². The van der Waals surface area contributed by atoms with Crippen LogP contribution in [-0.4, -0.2) is 55.4 Å². The second-order valence-corrected chi connectivity index (χ2v) is 7.21. The summed E-state index contributed by atoms with van der Waals surface area (Å²) in [7, 11) is 5.30. The maximum absolute atomic E-state index is 12.7. The summed E-state index contributed by atoms with van der Waals surface area (Å²) in [4.78, 5) is 30.5. The molecule has 0 saturated heterocycles. The van der Waals surface area contributed by atoms with Crippen molar-refractivity contribution in [1.82, 2.24) is 9.97 Å². The number of benzene rings is 2. The molecule has 0 aliphatic carbocycles. The van der Waals surface area contributed by atoms with Crippen molar-refractivity contribution in [3.8, 4) is 23.0 Å². The fourth-order valence-electron chi connectivity index (χ4n) is 3.13. The lowest BCUT2D eigenvalue weighted by Crippen LogP contribution is -2.29. The van der Waals surface area contributed by atoms with Crippen LogP contribution in [0.15, 0.2) is 36.5 Å². The number of carbonyl (C=O) groups is 1. The normalized spacial score (nSPS) is 10.8. The number of nitrogens with zero attached hydrogens (tertiary/aromatic N) is 3. The van der Waals surface area contributed by atoms with Gasteiger partial charge in [0.1, 0.15) is 11.5 Å². The summed E-state index contributed by atoms with van der Waals surface area (Å²) in [5, 5.41) is 18.9. The molecule has 0 bridgehead atoms. The molecule has 0 radical (unpaired) electrons. The Kier molecular flexibility index (Phi) is 8.24. The molecular weight excluding hydrogens is 517 g/mol. The number of rotatable bonds is 10. The van der Waals surface area contributed by atoms with E-state index in [-0.39, 0.29) is 57.5 Å². The predicted molar refractivity (Wildman–Crippen MR) is 129 cm³/mol. The zero-order chi connectivity index (χ0) is 28.0. The maximum atomic E-state index is 12.7. The van der Waals surface area contributed by atoms with Gasteiger partial charge in [0.05, 0.1) is 50.9 Å². The van der Waals surface area contributed by atoms with Crippen LogP contribution in [0.2, 0.25) is 0 Å². The molecule has 2 aromatic carbocycles. The zero-order valence-electron chi connectivity index (χ0n) is 20.3. The fourth-order valence-corrected chi connectivity index (χ4v) is 3.13.